The van der Waals surface area contributed by atoms with Crippen molar-refractivity contribution in [2.45, 2.75) is 38.5 Å². The standard InChI is InChI=1S/C21H27Cl2N5O6S/c1-9(8-33-3)24-19(30)16-17(20(31)32)35-21(27-16)28-6-5-11(12(7-28)34-4)26-18(29)15-14(23)13(22)10(2)25-15/h9,11-12,25H,5-8H2,1-4H3,(H,24,30)(H,26,29)(H,31,32)/p-1/t9-,11-,12+/m1/s1. The van der Waals surface area contributed by atoms with Crippen molar-refractivity contribution in [1.82, 2.24) is 20.6 Å². The van der Waals surface area contributed by atoms with Crippen LogP contribution in [0.5, 0.6) is 0 Å². The lowest BCUT2D eigenvalue weighted by Gasteiger charge is -2.37. The number of anilines is 1. The zero-order chi connectivity index (χ0) is 25.9. The molecule has 1 aliphatic heterocycles. The number of aromatic amines is 1. The van der Waals surface area contributed by atoms with Gasteiger partial charge in [-0.25, -0.2) is 4.98 Å². The Balaban J connectivity index is 1.73. The Morgan fingerprint density at radius 2 is 2.00 bits per heavy atom. The summed E-state index contributed by atoms with van der Waals surface area (Å²) < 4.78 is 10.6. The molecule has 0 saturated carbocycles. The van der Waals surface area contributed by atoms with E-state index in [0.29, 0.717) is 35.4 Å². The number of aromatic carboxylic acids is 1. The maximum Gasteiger partial charge on any atom is 0.271 e. The van der Waals surface area contributed by atoms with Gasteiger partial charge in [0.05, 0.1) is 39.6 Å². The minimum absolute atomic E-state index is 0.149. The summed E-state index contributed by atoms with van der Waals surface area (Å²) in [5.74, 6) is -2.53. The number of aromatic nitrogens is 2. The lowest BCUT2D eigenvalue weighted by molar-refractivity contribution is -0.254. The minimum Gasteiger partial charge on any atom is -0.544 e. The van der Waals surface area contributed by atoms with Crippen LogP contribution < -0.4 is 20.6 Å². The van der Waals surface area contributed by atoms with Crippen molar-refractivity contribution in [2.24, 2.45) is 0 Å². The van der Waals surface area contributed by atoms with Crippen LogP contribution in [0.3, 0.4) is 0 Å². The molecule has 0 spiro atoms. The third-order valence-electron chi connectivity index (χ3n) is 5.54. The second-order valence-electron chi connectivity index (χ2n) is 8.13. The Bertz CT molecular complexity index is 1110. The predicted octanol–water partition coefficient (Wildman–Crippen LogP) is 1.24. The summed E-state index contributed by atoms with van der Waals surface area (Å²) in [6, 6.07) is -0.684. The van der Waals surface area contributed by atoms with Crippen molar-refractivity contribution >= 4 is 57.5 Å². The molecule has 11 nitrogen and oxygen atoms in total. The van der Waals surface area contributed by atoms with Gasteiger partial charge in [0.1, 0.15) is 5.69 Å². The number of hydrogen-bond donors (Lipinski definition) is 3. The molecular formula is C21H26Cl2N5O6S-. The van der Waals surface area contributed by atoms with Gasteiger partial charge >= 0.3 is 0 Å². The lowest BCUT2D eigenvalue weighted by Crippen LogP contribution is -2.55. The number of halogens is 2. The highest BCUT2D eigenvalue weighted by Gasteiger charge is 2.34. The maximum atomic E-state index is 12.8. The number of nitrogens with zero attached hydrogens (tertiary/aromatic N) is 2. The summed E-state index contributed by atoms with van der Waals surface area (Å²) in [6.07, 6.45) is 0.0365. The molecule has 1 saturated heterocycles. The van der Waals surface area contributed by atoms with Crippen LogP contribution in [0.25, 0.3) is 0 Å². The van der Waals surface area contributed by atoms with Crippen LogP contribution in [-0.2, 0) is 9.47 Å². The first-order chi connectivity index (χ1) is 16.6. The Labute approximate surface area is 216 Å². The number of rotatable bonds is 9. The number of aryl methyl sites for hydroxylation is 1. The number of piperidine rings is 1. The van der Waals surface area contributed by atoms with E-state index >= 15 is 0 Å². The predicted molar refractivity (Wildman–Crippen MR) is 130 cm³/mol. The fraction of sp³-hybridized carbons (Fsp3) is 0.524. The van der Waals surface area contributed by atoms with Crippen LogP contribution >= 0.6 is 34.5 Å². The van der Waals surface area contributed by atoms with E-state index in [1.54, 1.807) is 13.8 Å². The molecule has 192 valence electrons. The van der Waals surface area contributed by atoms with Gasteiger partial charge in [0.15, 0.2) is 10.8 Å². The number of thiazole rings is 1. The van der Waals surface area contributed by atoms with E-state index in [1.807, 2.05) is 4.90 Å². The Hall–Kier alpha value is -2.38. The van der Waals surface area contributed by atoms with Crippen molar-refractivity contribution in [2.75, 3.05) is 38.8 Å². The van der Waals surface area contributed by atoms with E-state index in [-0.39, 0.29) is 40.0 Å². The maximum absolute atomic E-state index is 12.8. The van der Waals surface area contributed by atoms with Gasteiger partial charge in [0.25, 0.3) is 11.8 Å². The highest BCUT2D eigenvalue weighted by molar-refractivity contribution is 7.17. The van der Waals surface area contributed by atoms with Gasteiger partial charge in [-0.1, -0.05) is 34.5 Å². The number of H-pyrrole nitrogens is 1. The summed E-state index contributed by atoms with van der Waals surface area (Å²) in [5.41, 5.74) is 0.540. The van der Waals surface area contributed by atoms with Crippen LogP contribution in [0.1, 0.15) is 49.7 Å². The molecule has 2 amide bonds. The highest BCUT2D eigenvalue weighted by Crippen LogP contribution is 2.31. The molecule has 0 aromatic carbocycles. The zero-order valence-corrected chi connectivity index (χ0v) is 21.9. The number of carboxylic acid groups (broad SMARTS) is 1. The van der Waals surface area contributed by atoms with Gasteiger partial charge in [-0.3, -0.25) is 9.59 Å². The normalized spacial score (nSPS) is 18.9. The number of carbonyl (C=O) groups is 3. The molecule has 1 aliphatic rings. The fourth-order valence-electron chi connectivity index (χ4n) is 3.78. The van der Waals surface area contributed by atoms with E-state index in [4.69, 9.17) is 32.7 Å². The monoisotopic (exact) mass is 546 g/mol. The van der Waals surface area contributed by atoms with Crippen molar-refractivity contribution in [3.05, 3.63) is 32.0 Å². The van der Waals surface area contributed by atoms with Gasteiger partial charge in [-0.05, 0) is 20.3 Å². The van der Waals surface area contributed by atoms with Crippen LogP contribution in [0.4, 0.5) is 5.13 Å². The van der Waals surface area contributed by atoms with E-state index in [1.165, 1.54) is 14.2 Å². The molecule has 2 aromatic rings. The minimum atomic E-state index is -1.49. The number of amides is 2. The van der Waals surface area contributed by atoms with Gasteiger partial charge in [0, 0.05) is 39.0 Å². The molecule has 3 N–H and O–H groups in total. The summed E-state index contributed by atoms with van der Waals surface area (Å²) in [5, 5.41) is 18.0. The van der Waals surface area contributed by atoms with Gasteiger partial charge in [-0.15, -0.1) is 0 Å². The largest absolute Gasteiger partial charge is 0.544 e. The molecule has 0 radical (unpaired) electrons. The van der Waals surface area contributed by atoms with Crippen LogP contribution in [0.2, 0.25) is 10.0 Å². The first-order valence-corrected chi connectivity index (χ1v) is 12.3. The molecule has 2 aromatic heterocycles. The van der Waals surface area contributed by atoms with Crippen LogP contribution in [-0.4, -0.2) is 79.9 Å². The number of hydrogen-bond acceptors (Lipinski definition) is 9. The Morgan fingerprint density at radius 1 is 1.29 bits per heavy atom. The van der Waals surface area contributed by atoms with Gasteiger partial charge in [-0.2, -0.15) is 0 Å². The van der Waals surface area contributed by atoms with Crippen molar-refractivity contribution in [3.8, 4) is 0 Å². The van der Waals surface area contributed by atoms with Crippen molar-refractivity contribution < 1.29 is 29.0 Å². The molecule has 35 heavy (non-hydrogen) atoms. The third-order valence-corrected chi connectivity index (χ3v) is 7.58. The van der Waals surface area contributed by atoms with E-state index in [9.17, 15) is 19.5 Å². The summed E-state index contributed by atoms with van der Waals surface area (Å²) in [7, 11) is 3.01. The fourth-order valence-corrected chi connectivity index (χ4v) is 5.13. The second kappa shape index (κ2) is 11.6. The molecule has 3 heterocycles. The Kier molecular flexibility index (Phi) is 9.00. The van der Waals surface area contributed by atoms with E-state index < -0.39 is 23.9 Å². The van der Waals surface area contributed by atoms with Crippen molar-refractivity contribution in [1.29, 1.82) is 0 Å². The quantitative estimate of drug-likeness (QED) is 0.425. The average Bonchev–Trinajstić information content (AvgIpc) is 3.37. The van der Waals surface area contributed by atoms with Crippen LogP contribution in [0.15, 0.2) is 0 Å². The molecule has 0 unspecified atom stereocenters. The SMILES string of the molecule is COC[C@@H](C)NC(=O)c1nc(N2CC[C@@H](NC(=O)c3[nH]c(C)c(Cl)c3Cl)[C@@H](OC)C2)sc1C(=O)[O-]. The Morgan fingerprint density at radius 3 is 2.57 bits per heavy atom. The van der Waals surface area contributed by atoms with E-state index in [0.717, 1.165) is 11.3 Å². The number of nitrogens with one attached hydrogen (secondary N) is 3. The van der Waals surface area contributed by atoms with Gasteiger partial charge in [0.2, 0.25) is 0 Å². The smallest absolute Gasteiger partial charge is 0.271 e. The molecule has 3 rings (SSSR count). The second-order valence-corrected chi connectivity index (χ2v) is 9.87. The van der Waals surface area contributed by atoms with E-state index in [2.05, 4.69) is 20.6 Å². The third kappa shape index (κ3) is 6.07. The number of carboxylic acids is 1. The molecule has 3 atom stereocenters. The lowest BCUT2D eigenvalue weighted by atomic mass is 10.0. The number of carbonyl (C=O) groups excluding carboxylic acids is 3. The number of ether oxygens (including phenoxy) is 2. The average molecular weight is 547 g/mol. The summed E-state index contributed by atoms with van der Waals surface area (Å²) in [6.45, 7) is 4.44. The molecule has 0 bridgehead atoms. The molecule has 0 aliphatic carbocycles. The summed E-state index contributed by atoms with van der Waals surface area (Å²) in [4.78, 5) is 45.7. The molecule has 14 heteroatoms. The zero-order valence-electron chi connectivity index (χ0n) is 19.6. The van der Waals surface area contributed by atoms with Gasteiger partial charge < -0.3 is 39.9 Å². The molecular weight excluding hydrogens is 521 g/mol. The first-order valence-electron chi connectivity index (χ1n) is 10.7. The first kappa shape index (κ1) is 27.2. The van der Waals surface area contributed by atoms with Crippen LogP contribution in [0, 0.1) is 6.92 Å². The topological polar surface area (TPSA) is 149 Å². The summed E-state index contributed by atoms with van der Waals surface area (Å²) >= 11 is 13.1. The highest BCUT2D eigenvalue weighted by atomic mass is 35.5. The molecule has 1 fully saturated rings. The van der Waals surface area contributed by atoms with Crippen molar-refractivity contribution in [3.63, 3.8) is 0 Å². The number of methoxy groups -OCH3 is 2.